The summed E-state index contributed by atoms with van der Waals surface area (Å²) in [5, 5.41) is 9.32. The lowest BCUT2D eigenvalue weighted by molar-refractivity contribution is -0.140. The summed E-state index contributed by atoms with van der Waals surface area (Å²) in [5.74, 6) is -1.30. The van der Waals surface area contributed by atoms with Gasteiger partial charge in [0.2, 0.25) is 15.9 Å². The minimum Gasteiger partial charge on any atom is -0.480 e. The third-order valence-electron chi connectivity index (χ3n) is 5.21. The van der Waals surface area contributed by atoms with Crippen LogP contribution in [0.4, 0.5) is 5.69 Å². The van der Waals surface area contributed by atoms with Crippen molar-refractivity contribution in [1.82, 2.24) is 4.72 Å². The Bertz CT molecular complexity index is 832. The lowest BCUT2D eigenvalue weighted by atomic mass is 10.0. The highest BCUT2D eigenvalue weighted by molar-refractivity contribution is 7.89. The summed E-state index contributed by atoms with van der Waals surface area (Å²) in [5.41, 5.74) is 1.56. The van der Waals surface area contributed by atoms with Gasteiger partial charge in [-0.3, -0.25) is 9.59 Å². The van der Waals surface area contributed by atoms with Crippen molar-refractivity contribution in [1.29, 1.82) is 0 Å². The van der Waals surface area contributed by atoms with E-state index in [0.717, 1.165) is 24.1 Å². The lowest BCUT2D eigenvalue weighted by Gasteiger charge is -2.21. The van der Waals surface area contributed by atoms with Crippen molar-refractivity contribution in [2.45, 2.75) is 50.5 Å². The van der Waals surface area contributed by atoms with Crippen LogP contribution in [0.15, 0.2) is 23.1 Å². The number of benzene rings is 1. The van der Waals surface area contributed by atoms with Crippen molar-refractivity contribution in [3.8, 4) is 0 Å². The molecule has 1 aromatic carbocycles. The minimum absolute atomic E-state index is 0.0338. The van der Waals surface area contributed by atoms with Crippen LogP contribution in [-0.4, -0.2) is 38.0 Å². The van der Waals surface area contributed by atoms with Crippen LogP contribution in [0, 0.1) is 11.8 Å². The fraction of sp³-hybridized carbons (Fsp3) is 0.556. The second-order valence-corrected chi connectivity index (χ2v) is 8.84. The number of amides is 1. The van der Waals surface area contributed by atoms with Gasteiger partial charge in [0.25, 0.3) is 0 Å². The molecule has 2 atom stereocenters. The lowest BCUT2D eigenvalue weighted by Crippen LogP contribution is -2.44. The smallest absolute Gasteiger partial charge is 0.322 e. The molecule has 1 heterocycles. The van der Waals surface area contributed by atoms with Crippen molar-refractivity contribution < 1.29 is 23.1 Å². The predicted molar refractivity (Wildman–Crippen MR) is 96.4 cm³/mol. The molecular weight excluding hydrogens is 356 g/mol. The topological polar surface area (TPSA) is 104 Å². The van der Waals surface area contributed by atoms with E-state index in [0.29, 0.717) is 19.4 Å². The number of sulfonamides is 1. The fourth-order valence-corrected chi connectivity index (χ4v) is 4.55. The molecule has 0 saturated heterocycles. The van der Waals surface area contributed by atoms with E-state index in [1.807, 2.05) is 6.92 Å². The molecule has 2 aliphatic rings. The molecular formula is C18H24N2O5S. The van der Waals surface area contributed by atoms with Gasteiger partial charge < -0.3 is 10.0 Å². The molecule has 1 amide bonds. The van der Waals surface area contributed by atoms with E-state index in [1.54, 1.807) is 24.0 Å². The summed E-state index contributed by atoms with van der Waals surface area (Å²) in [4.78, 5) is 25.5. The normalized spacial score (nSPS) is 19.1. The maximum Gasteiger partial charge on any atom is 0.322 e. The van der Waals surface area contributed by atoms with Gasteiger partial charge >= 0.3 is 5.97 Å². The average Bonchev–Trinajstić information content (AvgIpc) is 3.37. The van der Waals surface area contributed by atoms with Gasteiger partial charge in [-0.1, -0.05) is 20.3 Å². The number of nitrogens with zero attached hydrogens (tertiary/aromatic N) is 1. The first-order valence-corrected chi connectivity index (χ1v) is 10.4. The van der Waals surface area contributed by atoms with Crippen LogP contribution >= 0.6 is 0 Å². The highest BCUT2D eigenvalue weighted by atomic mass is 32.2. The Balaban J connectivity index is 1.83. The largest absolute Gasteiger partial charge is 0.480 e. The monoisotopic (exact) mass is 380 g/mol. The van der Waals surface area contributed by atoms with E-state index in [-0.39, 0.29) is 22.6 Å². The number of nitrogens with one attached hydrogen (secondary N) is 1. The number of aliphatic carboxylic acids is 1. The van der Waals surface area contributed by atoms with E-state index < -0.39 is 22.0 Å². The van der Waals surface area contributed by atoms with Gasteiger partial charge in [-0.25, -0.2) is 8.42 Å². The van der Waals surface area contributed by atoms with E-state index in [4.69, 9.17) is 0 Å². The predicted octanol–water partition coefficient (Wildman–Crippen LogP) is 1.76. The third kappa shape index (κ3) is 3.61. The zero-order valence-corrected chi connectivity index (χ0v) is 15.8. The molecule has 0 radical (unpaired) electrons. The Hall–Kier alpha value is -1.93. The number of carbonyl (C=O) groups is 2. The van der Waals surface area contributed by atoms with Crippen LogP contribution in [0.3, 0.4) is 0 Å². The first-order valence-electron chi connectivity index (χ1n) is 8.94. The van der Waals surface area contributed by atoms with Crippen LogP contribution in [0.5, 0.6) is 0 Å². The molecule has 1 aromatic rings. The number of carboxylic acids is 1. The Kier molecular flexibility index (Phi) is 5.07. The highest BCUT2D eigenvalue weighted by Crippen LogP contribution is 2.37. The van der Waals surface area contributed by atoms with Crippen molar-refractivity contribution in [2.24, 2.45) is 11.8 Å². The Morgan fingerprint density at radius 1 is 1.35 bits per heavy atom. The maximum absolute atomic E-state index is 12.6. The summed E-state index contributed by atoms with van der Waals surface area (Å²) >= 11 is 0. The third-order valence-corrected chi connectivity index (χ3v) is 6.65. The quantitative estimate of drug-likeness (QED) is 0.750. The van der Waals surface area contributed by atoms with Gasteiger partial charge in [-0.05, 0) is 48.9 Å². The zero-order chi connectivity index (χ0) is 19.1. The Morgan fingerprint density at radius 3 is 2.62 bits per heavy atom. The molecule has 7 nitrogen and oxygen atoms in total. The van der Waals surface area contributed by atoms with E-state index in [1.165, 1.54) is 6.07 Å². The average molecular weight is 380 g/mol. The van der Waals surface area contributed by atoms with E-state index in [2.05, 4.69) is 4.72 Å². The summed E-state index contributed by atoms with van der Waals surface area (Å²) in [7, 11) is -3.96. The summed E-state index contributed by atoms with van der Waals surface area (Å²) in [6, 6.07) is 3.46. The second-order valence-electron chi connectivity index (χ2n) is 7.13. The van der Waals surface area contributed by atoms with Gasteiger partial charge in [0.05, 0.1) is 4.90 Å². The molecule has 0 unspecified atom stereocenters. The highest BCUT2D eigenvalue weighted by Gasteiger charge is 2.37. The van der Waals surface area contributed by atoms with Crippen LogP contribution in [0.1, 0.15) is 38.7 Å². The molecule has 2 N–H and O–H groups in total. The number of fused-ring (bicyclic) bond motifs is 1. The number of carbonyl (C=O) groups excluding carboxylic acids is 1. The zero-order valence-electron chi connectivity index (χ0n) is 14.9. The maximum atomic E-state index is 12.6. The summed E-state index contributed by atoms with van der Waals surface area (Å²) in [6.07, 6.45) is 2.99. The number of rotatable bonds is 7. The van der Waals surface area contributed by atoms with Gasteiger partial charge in [0.1, 0.15) is 6.04 Å². The molecule has 0 bridgehead atoms. The van der Waals surface area contributed by atoms with E-state index in [9.17, 15) is 23.1 Å². The van der Waals surface area contributed by atoms with Crippen LogP contribution in [0.2, 0.25) is 0 Å². The first kappa shape index (κ1) is 18.8. The molecule has 1 fully saturated rings. The first-order chi connectivity index (χ1) is 12.2. The Morgan fingerprint density at radius 2 is 2.04 bits per heavy atom. The van der Waals surface area contributed by atoms with Crippen LogP contribution < -0.4 is 9.62 Å². The Labute approximate surface area is 153 Å². The summed E-state index contributed by atoms with van der Waals surface area (Å²) < 4.78 is 27.6. The summed E-state index contributed by atoms with van der Waals surface area (Å²) in [6.45, 7) is 4.08. The van der Waals surface area contributed by atoms with Crippen molar-refractivity contribution in [2.75, 3.05) is 11.4 Å². The van der Waals surface area contributed by atoms with Gasteiger partial charge in [0.15, 0.2) is 0 Å². The van der Waals surface area contributed by atoms with Crippen molar-refractivity contribution in [3.05, 3.63) is 23.8 Å². The molecule has 3 rings (SSSR count). The fourth-order valence-electron chi connectivity index (χ4n) is 3.21. The number of carboxylic acid groups (broad SMARTS) is 1. The molecule has 1 saturated carbocycles. The van der Waals surface area contributed by atoms with Crippen LogP contribution in [0.25, 0.3) is 0 Å². The van der Waals surface area contributed by atoms with Crippen molar-refractivity contribution in [3.63, 3.8) is 0 Å². The number of anilines is 1. The molecule has 142 valence electrons. The SMILES string of the molecule is CC[C@@H](C)[C@H](NS(=O)(=O)c1ccc2c(c1)CCN2C(=O)C1CC1)C(=O)O. The van der Waals surface area contributed by atoms with Crippen molar-refractivity contribution >= 4 is 27.6 Å². The molecule has 0 aromatic heterocycles. The molecule has 26 heavy (non-hydrogen) atoms. The van der Waals surface area contributed by atoms with Gasteiger partial charge in [-0.2, -0.15) is 4.72 Å². The molecule has 1 aliphatic heterocycles. The standard InChI is InChI=1S/C18H24N2O5S/c1-3-11(2)16(18(22)23)19-26(24,25)14-6-7-15-13(10-14)8-9-20(15)17(21)12-4-5-12/h6-7,10-12,16,19H,3-5,8-9H2,1-2H3,(H,22,23)/t11-,16+/m1/s1. The van der Waals surface area contributed by atoms with E-state index >= 15 is 0 Å². The molecule has 8 heteroatoms. The number of hydrogen-bond acceptors (Lipinski definition) is 4. The van der Waals surface area contributed by atoms with Crippen LogP contribution in [-0.2, 0) is 26.0 Å². The molecule has 1 aliphatic carbocycles. The minimum atomic E-state index is -3.96. The number of hydrogen-bond donors (Lipinski definition) is 2. The molecule has 0 spiro atoms. The van der Waals surface area contributed by atoms with Gasteiger partial charge in [0, 0.05) is 18.2 Å². The second kappa shape index (κ2) is 7.00. The van der Waals surface area contributed by atoms with Gasteiger partial charge in [-0.15, -0.1) is 0 Å².